The van der Waals surface area contributed by atoms with Crippen molar-refractivity contribution in [2.24, 2.45) is 5.92 Å². The molecule has 0 N–H and O–H groups in total. The van der Waals surface area contributed by atoms with E-state index in [1.165, 1.54) is 12.1 Å². The first-order valence-corrected chi connectivity index (χ1v) is 8.90. The van der Waals surface area contributed by atoms with Gasteiger partial charge in [-0.2, -0.15) is 0 Å². The summed E-state index contributed by atoms with van der Waals surface area (Å²) < 4.78 is 52.4. The summed E-state index contributed by atoms with van der Waals surface area (Å²) in [6, 6.07) is 5.04. The molecule has 2 fully saturated rings. The van der Waals surface area contributed by atoms with Crippen LogP contribution in [0.2, 0.25) is 0 Å². The van der Waals surface area contributed by atoms with Crippen molar-refractivity contribution in [2.45, 2.75) is 49.0 Å². The minimum atomic E-state index is -4.74. The fourth-order valence-corrected chi connectivity index (χ4v) is 5.69. The van der Waals surface area contributed by atoms with Crippen LogP contribution in [0.4, 0.5) is 13.2 Å². The van der Waals surface area contributed by atoms with E-state index in [-0.39, 0.29) is 28.0 Å². The van der Waals surface area contributed by atoms with E-state index in [2.05, 4.69) is 4.74 Å². The van der Waals surface area contributed by atoms with Crippen LogP contribution in [0.15, 0.2) is 24.3 Å². The van der Waals surface area contributed by atoms with Gasteiger partial charge in [-0.05, 0) is 49.9 Å². The molecule has 23 heavy (non-hydrogen) atoms. The molecule has 126 valence electrons. The van der Waals surface area contributed by atoms with Crippen LogP contribution >= 0.6 is 0 Å². The second kappa shape index (κ2) is 6.26. The van der Waals surface area contributed by atoms with E-state index in [1.54, 1.807) is 0 Å². The van der Waals surface area contributed by atoms with Crippen molar-refractivity contribution in [1.29, 1.82) is 0 Å². The van der Waals surface area contributed by atoms with Crippen LogP contribution in [0.5, 0.6) is 5.75 Å². The highest BCUT2D eigenvalue weighted by Gasteiger charge is 2.40. The molecule has 0 radical (unpaired) electrons. The smallest absolute Gasteiger partial charge is 0.406 e. The van der Waals surface area contributed by atoms with Gasteiger partial charge in [0.05, 0.1) is 0 Å². The van der Waals surface area contributed by atoms with Crippen molar-refractivity contribution in [3.8, 4) is 5.75 Å². The van der Waals surface area contributed by atoms with Crippen LogP contribution in [-0.4, -0.2) is 26.9 Å². The molecule has 2 bridgehead atoms. The molecule has 2 atom stereocenters. The molecule has 0 saturated carbocycles. The molecular weight excluding hydrogens is 329 g/mol. The Morgan fingerprint density at radius 2 is 1.65 bits per heavy atom. The fourth-order valence-electron chi connectivity index (χ4n) is 3.50. The molecule has 3 nitrogen and oxygen atoms in total. The van der Waals surface area contributed by atoms with Gasteiger partial charge in [0, 0.05) is 32.8 Å². The first-order valence-electron chi connectivity index (χ1n) is 7.63. The van der Waals surface area contributed by atoms with Crippen molar-refractivity contribution >= 4 is 16.6 Å². The maximum absolute atomic E-state index is 12.6. The lowest BCUT2D eigenvalue weighted by Gasteiger charge is -2.37. The first-order chi connectivity index (χ1) is 10.8. The maximum atomic E-state index is 12.6. The molecule has 1 aromatic rings. The number of hydrogen-bond donors (Lipinski definition) is 0. The van der Waals surface area contributed by atoms with E-state index in [0.29, 0.717) is 18.4 Å². The second-order valence-electron chi connectivity index (χ2n) is 6.11. The zero-order valence-corrected chi connectivity index (χ0v) is 13.2. The summed E-state index contributed by atoms with van der Waals surface area (Å²) in [6.07, 6.45) is -0.663. The lowest BCUT2D eigenvalue weighted by molar-refractivity contribution is -0.274. The molecule has 3 rings (SSSR count). The van der Waals surface area contributed by atoms with E-state index in [0.717, 1.165) is 31.4 Å². The van der Waals surface area contributed by atoms with Crippen molar-refractivity contribution in [1.82, 2.24) is 0 Å². The van der Waals surface area contributed by atoms with Gasteiger partial charge in [0.2, 0.25) is 0 Å². The minimum absolute atomic E-state index is 0.0721. The van der Waals surface area contributed by atoms with Gasteiger partial charge < -0.3 is 4.74 Å². The molecule has 2 aliphatic rings. The Morgan fingerprint density at radius 3 is 2.17 bits per heavy atom. The molecular formula is C16H17F3O3S. The molecule has 7 heteroatoms. The largest absolute Gasteiger partial charge is 0.573 e. The number of hydrogen-bond acceptors (Lipinski definition) is 3. The monoisotopic (exact) mass is 346 g/mol. The SMILES string of the molecule is O=C(c1ccc(OC(F)(F)F)cc1)C1CC2CCCC(C1)S2=O. The Hall–Kier alpha value is -1.37. The van der Waals surface area contributed by atoms with Crippen LogP contribution in [0.25, 0.3) is 0 Å². The van der Waals surface area contributed by atoms with Crippen LogP contribution in [-0.2, 0) is 10.8 Å². The predicted octanol–water partition coefficient (Wildman–Crippen LogP) is 3.85. The van der Waals surface area contributed by atoms with Crippen LogP contribution in [0.3, 0.4) is 0 Å². The van der Waals surface area contributed by atoms with Gasteiger partial charge in [-0.3, -0.25) is 9.00 Å². The summed E-state index contributed by atoms with van der Waals surface area (Å²) in [7, 11) is -0.842. The maximum Gasteiger partial charge on any atom is 0.573 e. The van der Waals surface area contributed by atoms with Gasteiger partial charge in [0.15, 0.2) is 5.78 Å². The lowest BCUT2D eigenvalue weighted by atomic mass is 9.84. The number of carbonyl (C=O) groups excluding carboxylic acids is 1. The first kappa shape index (κ1) is 16.5. The molecule has 0 aromatic heterocycles. The van der Waals surface area contributed by atoms with Crippen molar-refractivity contribution < 1.29 is 26.9 Å². The average Bonchev–Trinajstić information content (AvgIpc) is 2.45. The zero-order chi connectivity index (χ0) is 16.6. The van der Waals surface area contributed by atoms with Crippen LogP contribution in [0.1, 0.15) is 42.5 Å². The molecule has 0 amide bonds. The van der Waals surface area contributed by atoms with E-state index in [4.69, 9.17) is 0 Å². The number of alkyl halides is 3. The number of ketones is 1. The molecule has 0 spiro atoms. The summed E-state index contributed by atoms with van der Waals surface area (Å²) in [5.74, 6) is -0.592. The third kappa shape index (κ3) is 3.76. The topological polar surface area (TPSA) is 43.4 Å². The standard InChI is InChI=1S/C16H17F3O3S/c17-16(18,19)22-12-6-4-10(5-7-12)15(20)11-8-13-2-1-3-14(9-11)23(13)21/h4-7,11,13-14H,1-3,8-9H2. The Labute approximate surface area is 134 Å². The summed E-state index contributed by atoms with van der Waals surface area (Å²) in [6.45, 7) is 0. The van der Waals surface area contributed by atoms with Crippen molar-refractivity contribution in [3.63, 3.8) is 0 Å². The summed E-state index contributed by atoms with van der Waals surface area (Å²) in [4.78, 5) is 12.6. The van der Waals surface area contributed by atoms with E-state index in [1.807, 2.05) is 0 Å². The normalized spacial score (nSPS) is 30.7. The second-order valence-corrected chi connectivity index (χ2v) is 8.10. The average molecular weight is 346 g/mol. The number of halogens is 3. The Kier molecular flexibility index (Phi) is 4.49. The minimum Gasteiger partial charge on any atom is -0.406 e. The molecule has 1 aromatic carbocycles. The molecule has 0 aliphatic carbocycles. The number of Topliss-reactive ketones (excluding diaryl/α,β-unsaturated/α-hetero) is 1. The lowest BCUT2D eigenvalue weighted by Crippen LogP contribution is -2.41. The van der Waals surface area contributed by atoms with Crippen LogP contribution < -0.4 is 4.74 Å². The summed E-state index contributed by atoms with van der Waals surface area (Å²) in [5, 5.41) is 0.175. The molecule has 2 heterocycles. The van der Waals surface area contributed by atoms with Gasteiger partial charge in [-0.15, -0.1) is 13.2 Å². The number of rotatable bonds is 3. The molecule has 2 saturated heterocycles. The Bertz CT molecular complexity index is 596. The number of benzene rings is 1. The number of carbonyl (C=O) groups is 1. The Morgan fingerprint density at radius 1 is 1.09 bits per heavy atom. The predicted molar refractivity (Wildman–Crippen MR) is 79.7 cm³/mol. The van der Waals surface area contributed by atoms with Gasteiger partial charge in [0.25, 0.3) is 0 Å². The highest BCUT2D eigenvalue weighted by molar-refractivity contribution is 7.86. The third-order valence-electron chi connectivity index (χ3n) is 4.55. The fraction of sp³-hybridized carbons (Fsp3) is 0.562. The van der Waals surface area contributed by atoms with E-state index >= 15 is 0 Å². The van der Waals surface area contributed by atoms with Gasteiger partial charge in [0.1, 0.15) is 5.75 Å². The van der Waals surface area contributed by atoms with Gasteiger partial charge >= 0.3 is 6.36 Å². The van der Waals surface area contributed by atoms with E-state index < -0.39 is 17.2 Å². The summed E-state index contributed by atoms with van der Waals surface area (Å²) >= 11 is 0. The van der Waals surface area contributed by atoms with Crippen molar-refractivity contribution in [3.05, 3.63) is 29.8 Å². The molecule has 2 unspecified atom stereocenters. The third-order valence-corrected chi connectivity index (χ3v) is 6.72. The zero-order valence-electron chi connectivity index (χ0n) is 12.3. The highest BCUT2D eigenvalue weighted by Crippen LogP contribution is 2.38. The van der Waals surface area contributed by atoms with E-state index in [9.17, 15) is 22.2 Å². The highest BCUT2D eigenvalue weighted by atomic mass is 32.2. The van der Waals surface area contributed by atoms with Crippen molar-refractivity contribution in [2.75, 3.05) is 0 Å². The van der Waals surface area contributed by atoms with Gasteiger partial charge in [-0.1, -0.05) is 6.42 Å². The quantitative estimate of drug-likeness (QED) is 0.781. The number of ether oxygens (including phenoxy) is 1. The van der Waals surface area contributed by atoms with Crippen LogP contribution in [0, 0.1) is 5.92 Å². The molecule has 2 aliphatic heterocycles. The Balaban J connectivity index is 1.70. The van der Waals surface area contributed by atoms with Gasteiger partial charge in [-0.25, -0.2) is 0 Å². The number of fused-ring (bicyclic) bond motifs is 2. The summed E-state index contributed by atoms with van der Waals surface area (Å²) in [5.41, 5.74) is 0.385.